The Morgan fingerprint density at radius 2 is 2.17 bits per heavy atom. The highest BCUT2D eigenvalue weighted by Gasteiger charge is 2.23. The lowest BCUT2D eigenvalue weighted by atomic mass is 10.1. The molecule has 2 saturated heterocycles. The van der Waals surface area contributed by atoms with Crippen LogP contribution < -0.4 is 5.32 Å². The second-order valence-corrected chi connectivity index (χ2v) is 6.38. The number of rotatable bonds is 3. The second kappa shape index (κ2) is 6.45. The van der Waals surface area contributed by atoms with Crippen molar-refractivity contribution in [2.75, 3.05) is 25.4 Å². The summed E-state index contributed by atoms with van der Waals surface area (Å²) in [6, 6.07) is 0.499. The fourth-order valence-corrected chi connectivity index (χ4v) is 3.44. The highest BCUT2D eigenvalue weighted by Crippen LogP contribution is 2.19. The van der Waals surface area contributed by atoms with E-state index in [1.165, 1.54) is 6.42 Å². The molecule has 0 spiro atoms. The smallest absolute Gasteiger partial charge is 0.244 e. The highest BCUT2D eigenvalue weighted by molar-refractivity contribution is 8.14. The Labute approximate surface area is 114 Å². The topological polar surface area (TPSA) is 44.7 Å². The van der Waals surface area contributed by atoms with Crippen molar-refractivity contribution in [1.82, 2.24) is 10.2 Å². The fraction of sp³-hybridized carbons (Fsp3) is 0.846. The summed E-state index contributed by atoms with van der Waals surface area (Å²) in [5.74, 6) is 1.86. The lowest BCUT2D eigenvalue weighted by Crippen LogP contribution is -2.37. The molecule has 2 aliphatic rings. The monoisotopic (exact) mass is 269 g/mol. The molecule has 0 radical (unpaired) electrons. The molecule has 2 fully saturated rings. The van der Waals surface area contributed by atoms with Gasteiger partial charge in [0.1, 0.15) is 6.54 Å². The van der Waals surface area contributed by atoms with E-state index in [1.54, 1.807) is 11.8 Å². The molecule has 1 amide bonds. The van der Waals surface area contributed by atoms with Gasteiger partial charge in [0.2, 0.25) is 5.91 Å². The van der Waals surface area contributed by atoms with Crippen molar-refractivity contribution in [1.29, 1.82) is 0 Å². The number of piperidine rings is 1. The Hall–Kier alpha value is -0.710. The van der Waals surface area contributed by atoms with Gasteiger partial charge in [0.05, 0.1) is 0 Å². The normalized spacial score (nSPS) is 26.7. The molecule has 2 heterocycles. The molecule has 0 aromatic carbocycles. The zero-order valence-corrected chi connectivity index (χ0v) is 12.1. The van der Waals surface area contributed by atoms with Gasteiger partial charge in [0.25, 0.3) is 0 Å². The maximum atomic E-state index is 12.0. The van der Waals surface area contributed by atoms with Gasteiger partial charge >= 0.3 is 0 Å². The Morgan fingerprint density at radius 3 is 2.78 bits per heavy atom. The number of carbonyl (C=O) groups excluding carboxylic acids is 1. The molecular formula is C13H23N3OS. The first kappa shape index (κ1) is 13.7. The van der Waals surface area contributed by atoms with E-state index in [0.29, 0.717) is 18.5 Å². The van der Waals surface area contributed by atoms with Gasteiger partial charge in [-0.25, -0.2) is 0 Å². The maximum Gasteiger partial charge on any atom is 0.244 e. The van der Waals surface area contributed by atoms with Gasteiger partial charge < -0.3 is 10.2 Å². The van der Waals surface area contributed by atoms with Crippen LogP contribution in [-0.4, -0.2) is 47.4 Å². The van der Waals surface area contributed by atoms with Crippen LogP contribution in [0.15, 0.2) is 4.99 Å². The first-order valence-corrected chi connectivity index (χ1v) is 7.87. The number of amidine groups is 1. The van der Waals surface area contributed by atoms with Crippen molar-refractivity contribution in [3.05, 3.63) is 0 Å². The Balaban J connectivity index is 1.78. The molecular weight excluding hydrogens is 246 g/mol. The van der Waals surface area contributed by atoms with Gasteiger partial charge in [-0.3, -0.25) is 9.79 Å². The van der Waals surface area contributed by atoms with E-state index in [4.69, 9.17) is 0 Å². The van der Waals surface area contributed by atoms with E-state index in [0.717, 1.165) is 36.9 Å². The number of aliphatic imine (C=N–C) groups is 1. The van der Waals surface area contributed by atoms with Crippen molar-refractivity contribution in [2.24, 2.45) is 10.9 Å². The Bertz CT molecular complexity index is 324. The number of nitrogens with one attached hydrogen (secondary N) is 1. The van der Waals surface area contributed by atoms with Crippen LogP contribution in [0.25, 0.3) is 0 Å². The van der Waals surface area contributed by atoms with Crippen molar-refractivity contribution in [2.45, 2.75) is 39.2 Å². The zero-order valence-electron chi connectivity index (χ0n) is 11.3. The average molecular weight is 269 g/mol. The maximum absolute atomic E-state index is 12.0. The van der Waals surface area contributed by atoms with Crippen LogP contribution in [0.5, 0.6) is 0 Å². The number of carbonyl (C=O) groups is 1. The second-order valence-electron chi connectivity index (χ2n) is 5.37. The molecule has 0 aromatic heterocycles. The summed E-state index contributed by atoms with van der Waals surface area (Å²) >= 11 is 1.74. The minimum Gasteiger partial charge on any atom is -0.361 e. The predicted molar refractivity (Wildman–Crippen MR) is 77.0 cm³/mol. The summed E-state index contributed by atoms with van der Waals surface area (Å²) < 4.78 is 0. The molecule has 0 aromatic rings. The lowest BCUT2D eigenvalue weighted by molar-refractivity contribution is -0.130. The summed E-state index contributed by atoms with van der Waals surface area (Å²) in [7, 11) is 0. The van der Waals surface area contributed by atoms with E-state index >= 15 is 0 Å². The van der Waals surface area contributed by atoms with Gasteiger partial charge in [-0.1, -0.05) is 25.6 Å². The predicted octanol–water partition coefficient (Wildman–Crippen LogP) is 1.72. The Morgan fingerprint density at radius 1 is 1.44 bits per heavy atom. The summed E-state index contributed by atoms with van der Waals surface area (Å²) in [6.07, 6.45) is 3.54. The van der Waals surface area contributed by atoms with Crippen molar-refractivity contribution in [3.63, 3.8) is 0 Å². The minimum atomic E-state index is 0.178. The quantitative estimate of drug-likeness (QED) is 0.848. The number of thioether (sulfide) groups is 1. The van der Waals surface area contributed by atoms with Crippen molar-refractivity contribution >= 4 is 22.8 Å². The standard InChI is InChI=1S/C13H23N3OS/c1-10(2)11-9-18-13(15-11)14-8-12(17)16-6-4-3-5-7-16/h10-11H,3-9H2,1-2H3,(H,14,15)/t11-/m1/s1. The van der Waals surface area contributed by atoms with Gasteiger partial charge in [-0.05, 0) is 25.2 Å². The third-order valence-corrected chi connectivity index (χ3v) is 4.63. The molecule has 1 N–H and O–H groups in total. The molecule has 0 saturated carbocycles. The molecule has 2 rings (SSSR count). The van der Waals surface area contributed by atoms with Gasteiger partial charge in [0.15, 0.2) is 5.17 Å². The molecule has 4 nitrogen and oxygen atoms in total. The SMILES string of the molecule is CC(C)[C@H]1CSC(=NCC(=O)N2CCCCC2)N1. The number of hydrogen-bond acceptors (Lipinski definition) is 3. The van der Waals surface area contributed by atoms with Crippen LogP contribution in [0.2, 0.25) is 0 Å². The summed E-state index contributed by atoms with van der Waals surface area (Å²) in [4.78, 5) is 18.3. The largest absolute Gasteiger partial charge is 0.361 e. The summed E-state index contributed by atoms with van der Waals surface area (Å²) in [6.45, 7) is 6.55. The number of nitrogens with zero attached hydrogens (tertiary/aromatic N) is 2. The lowest BCUT2D eigenvalue weighted by Gasteiger charge is -2.26. The molecule has 1 atom stereocenters. The van der Waals surface area contributed by atoms with E-state index in [2.05, 4.69) is 24.2 Å². The first-order valence-electron chi connectivity index (χ1n) is 6.88. The van der Waals surface area contributed by atoms with Gasteiger partial charge in [0, 0.05) is 24.9 Å². The zero-order chi connectivity index (χ0) is 13.0. The van der Waals surface area contributed by atoms with E-state index in [-0.39, 0.29) is 5.91 Å². The molecule has 0 unspecified atom stereocenters. The van der Waals surface area contributed by atoms with E-state index in [9.17, 15) is 4.79 Å². The minimum absolute atomic E-state index is 0.178. The van der Waals surface area contributed by atoms with Gasteiger partial charge in [-0.15, -0.1) is 0 Å². The van der Waals surface area contributed by atoms with Crippen LogP contribution in [0.3, 0.4) is 0 Å². The fourth-order valence-electron chi connectivity index (χ4n) is 2.24. The first-order chi connectivity index (χ1) is 8.66. The summed E-state index contributed by atoms with van der Waals surface area (Å²) in [5.41, 5.74) is 0. The van der Waals surface area contributed by atoms with Crippen LogP contribution >= 0.6 is 11.8 Å². The number of amides is 1. The van der Waals surface area contributed by atoms with Crippen LogP contribution in [0.1, 0.15) is 33.1 Å². The average Bonchev–Trinajstić information content (AvgIpc) is 2.86. The molecule has 2 aliphatic heterocycles. The molecule has 0 aliphatic carbocycles. The van der Waals surface area contributed by atoms with Crippen molar-refractivity contribution < 1.29 is 4.79 Å². The number of likely N-dealkylation sites (tertiary alicyclic amines) is 1. The molecule has 5 heteroatoms. The molecule has 18 heavy (non-hydrogen) atoms. The van der Waals surface area contributed by atoms with E-state index in [1.807, 2.05) is 4.90 Å². The molecule has 102 valence electrons. The van der Waals surface area contributed by atoms with Crippen LogP contribution in [0, 0.1) is 5.92 Å². The van der Waals surface area contributed by atoms with Crippen molar-refractivity contribution in [3.8, 4) is 0 Å². The number of hydrogen-bond donors (Lipinski definition) is 1. The van der Waals surface area contributed by atoms with Gasteiger partial charge in [-0.2, -0.15) is 0 Å². The summed E-state index contributed by atoms with van der Waals surface area (Å²) in [5, 5.41) is 4.33. The highest BCUT2D eigenvalue weighted by atomic mass is 32.2. The third kappa shape index (κ3) is 3.64. The Kier molecular flexibility index (Phi) is 4.92. The van der Waals surface area contributed by atoms with E-state index < -0.39 is 0 Å². The van der Waals surface area contributed by atoms with Crippen LogP contribution in [-0.2, 0) is 4.79 Å². The van der Waals surface area contributed by atoms with Crippen LogP contribution in [0.4, 0.5) is 0 Å². The molecule has 0 bridgehead atoms. The third-order valence-electron chi connectivity index (χ3n) is 3.58.